The van der Waals surface area contributed by atoms with Crippen molar-refractivity contribution in [1.29, 1.82) is 0 Å². The summed E-state index contributed by atoms with van der Waals surface area (Å²) in [5.74, 6) is 0.494. The number of benzene rings is 1. The Bertz CT molecular complexity index is 759. The van der Waals surface area contributed by atoms with Crippen molar-refractivity contribution in [3.63, 3.8) is 0 Å². The maximum absolute atomic E-state index is 12.5. The molecule has 2 fully saturated rings. The van der Waals surface area contributed by atoms with Crippen molar-refractivity contribution >= 4 is 12.2 Å². The fourth-order valence-corrected chi connectivity index (χ4v) is 4.63. The van der Waals surface area contributed by atoms with Crippen LogP contribution >= 0.6 is 0 Å². The predicted molar refractivity (Wildman–Crippen MR) is 124 cm³/mol. The minimum absolute atomic E-state index is 0.0139. The largest absolute Gasteiger partial charge is 0.445 e. The highest BCUT2D eigenvalue weighted by molar-refractivity contribution is 5.68. The molecule has 178 valence electrons. The Morgan fingerprint density at radius 3 is 1.97 bits per heavy atom. The second-order valence-electron chi connectivity index (χ2n) is 10.4. The second kappa shape index (κ2) is 10.1. The van der Waals surface area contributed by atoms with Gasteiger partial charge in [0.25, 0.3) is 0 Å². The van der Waals surface area contributed by atoms with E-state index in [1.54, 1.807) is 0 Å². The molecule has 0 unspecified atom stereocenters. The number of carbonyl (C=O) groups is 2. The third-order valence-corrected chi connectivity index (χ3v) is 6.70. The number of piperazine rings is 1. The van der Waals surface area contributed by atoms with Crippen molar-refractivity contribution < 1.29 is 19.1 Å². The molecule has 2 aliphatic heterocycles. The molecule has 2 amide bonds. The summed E-state index contributed by atoms with van der Waals surface area (Å²) in [6.45, 7) is 15.1. The van der Waals surface area contributed by atoms with Crippen molar-refractivity contribution in [1.82, 2.24) is 14.7 Å². The van der Waals surface area contributed by atoms with Crippen molar-refractivity contribution in [2.24, 2.45) is 5.92 Å². The molecule has 7 heteroatoms. The third kappa shape index (κ3) is 6.37. The molecule has 3 rings (SSSR count). The Morgan fingerprint density at radius 2 is 1.41 bits per heavy atom. The van der Waals surface area contributed by atoms with Gasteiger partial charge in [-0.25, -0.2) is 9.59 Å². The maximum atomic E-state index is 12.5. The molecule has 1 aromatic carbocycles. The summed E-state index contributed by atoms with van der Waals surface area (Å²) in [7, 11) is 0. The molecule has 32 heavy (non-hydrogen) atoms. The van der Waals surface area contributed by atoms with Gasteiger partial charge >= 0.3 is 12.2 Å². The highest BCUT2D eigenvalue weighted by atomic mass is 16.6. The smallest absolute Gasteiger partial charge is 0.410 e. The quantitative estimate of drug-likeness (QED) is 0.689. The minimum atomic E-state index is -0.469. The van der Waals surface area contributed by atoms with Crippen molar-refractivity contribution in [3.8, 4) is 0 Å². The topological polar surface area (TPSA) is 62.3 Å². The average molecular weight is 446 g/mol. The van der Waals surface area contributed by atoms with Gasteiger partial charge in [-0.2, -0.15) is 0 Å². The molecule has 0 aliphatic carbocycles. The Kier molecular flexibility index (Phi) is 7.70. The molecule has 0 spiro atoms. The number of likely N-dealkylation sites (tertiary alicyclic amines) is 1. The van der Waals surface area contributed by atoms with Gasteiger partial charge in [0.2, 0.25) is 0 Å². The van der Waals surface area contributed by atoms with Crippen molar-refractivity contribution in [2.45, 2.75) is 65.2 Å². The fourth-order valence-electron chi connectivity index (χ4n) is 4.63. The first kappa shape index (κ1) is 24.4. The highest BCUT2D eigenvalue weighted by Gasteiger charge is 2.40. The molecule has 0 N–H and O–H groups in total. The van der Waals surface area contributed by atoms with E-state index < -0.39 is 5.60 Å². The number of rotatable bonds is 4. The van der Waals surface area contributed by atoms with Crippen LogP contribution in [0.4, 0.5) is 9.59 Å². The number of hydrogen-bond acceptors (Lipinski definition) is 5. The molecular formula is C25H39N3O4. The van der Waals surface area contributed by atoms with Gasteiger partial charge in [0.05, 0.1) is 0 Å². The average Bonchev–Trinajstić information content (AvgIpc) is 2.77. The van der Waals surface area contributed by atoms with Crippen LogP contribution in [0.3, 0.4) is 0 Å². The molecule has 0 atom stereocenters. The van der Waals surface area contributed by atoms with Crippen LogP contribution in [0, 0.1) is 5.92 Å². The van der Waals surface area contributed by atoms with E-state index in [0.29, 0.717) is 25.6 Å². The molecular weight excluding hydrogens is 406 g/mol. The number of nitrogens with zero attached hydrogens (tertiary/aromatic N) is 3. The predicted octanol–water partition coefficient (Wildman–Crippen LogP) is 4.37. The number of ether oxygens (including phenoxy) is 2. The first-order valence-electron chi connectivity index (χ1n) is 11.7. The Hall–Kier alpha value is -2.28. The van der Waals surface area contributed by atoms with Gasteiger partial charge in [-0.15, -0.1) is 0 Å². The third-order valence-electron chi connectivity index (χ3n) is 6.70. The number of amides is 2. The summed E-state index contributed by atoms with van der Waals surface area (Å²) in [6, 6.07) is 9.78. The molecule has 1 aromatic rings. The van der Waals surface area contributed by atoms with E-state index in [2.05, 4.69) is 18.7 Å². The molecule has 0 aromatic heterocycles. The minimum Gasteiger partial charge on any atom is -0.445 e. The SMILES string of the molecule is CC(C)(C)OC(=O)N1CCN(C(C)(C)C2CCN(C(=O)OCc3ccccc3)CC2)CC1. The first-order valence-corrected chi connectivity index (χ1v) is 11.7. The normalized spacial score (nSPS) is 19.0. The van der Waals surface area contributed by atoms with Gasteiger partial charge in [-0.3, -0.25) is 4.90 Å². The lowest BCUT2D eigenvalue weighted by Gasteiger charge is -2.49. The van der Waals surface area contributed by atoms with Gasteiger partial charge in [0.15, 0.2) is 0 Å². The summed E-state index contributed by atoms with van der Waals surface area (Å²) in [5, 5.41) is 0. The molecule has 0 bridgehead atoms. The zero-order valence-electron chi connectivity index (χ0n) is 20.3. The monoisotopic (exact) mass is 445 g/mol. The summed E-state index contributed by atoms with van der Waals surface area (Å²) in [5.41, 5.74) is 0.548. The van der Waals surface area contributed by atoms with Gasteiger partial charge in [-0.1, -0.05) is 30.3 Å². The van der Waals surface area contributed by atoms with Gasteiger partial charge in [-0.05, 0) is 58.9 Å². The molecule has 2 saturated heterocycles. The van der Waals surface area contributed by atoms with Gasteiger partial charge in [0, 0.05) is 44.8 Å². The summed E-state index contributed by atoms with van der Waals surface area (Å²) < 4.78 is 11.0. The Morgan fingerprint density at radius 1 is 0.844 bits per heavy atom. The molecule has 0 radical (unpaired) electrons. The molecule has 2 aliphatic rings. The Balaban J connectivity index is 1.44. The molecule has 2 heterocycles. The Labute approximate surface area is 192 Å². The van der Waals surface area contributed by atoms with E-state index in [4.69, 9.17) is 9.47 Å². The van der Waals surface area contributed by atoms with Crippen LogP contribution < -0.4 is 0 Å². The van der Waals surface area contributed by atoms with Crippen LogP contribution in [-0.2, 0) is 16.1 Å². The zero-order chi connectivity index (χ0) is 23.4. The van der Waals surface area contributed by atoms with Gasteiger partial charge < -0.3 is 19.3 Å². The fraction of sp³-hybridized carbons (Fsp3) is 0.680. The van der Waals surface area contributed by atoms with Crippen molar-refractivity contribution in [3.05, 3.63) is 35.9 Å². The zero-order valence-corrected chi connectivity index (χ0v) is 20.3. The van der Waals surface area contributed by atoms with Crippen LogP contribution in [0.1, 0.15) is 53.0 Å². The first-order chi connectivity index (χ1) is 15.1. The standard InChI is InChI=1S/C25H39N3O4/c1-24(2,3)32-23(30)27-15-17-28(18-16-27)25(4,5)21-11-13-26(14-12-21)22(29)31-19-20-9-7-6-8-10-20/h6-10,21H,11-19H2,1-5H3. The lowest BCUT2D eigenvalue weighted by atomic mass is 9.79. The number of piperidine rings is 1. The number of carbonyl (C=O) groups excluding carboxylic acids is 2. The molecule has 7 nitrogen and oxygen atoms in total. The lowest BCUT2D eigenvalue weighted by Crippen LogP contribution is -2.60. The second-order valence-corrected chi connectivity index (χ2v) is 10.4. The van der Waals surface area contributed by atoms with Crippen LogP contribution in [0.15, 0.2) is 30.3 Å². The van der Waals surface area contributed by atoms with E-state index >= 15 is 0 Å². The lowest BCUT2D eigenvalue weighted by molar-refractivity contribution is -0.0197. The van der Waals surface area contributed by atoms with E-state index in [9.17, 15) is 9.59 Å². The van der Waals surface area contributed by atoms with Crippen molar-refractivity contribution in [2.75, 3.05) is 39.3 Å². The van der Waals surface area contributed by atoms with E-state index in [1.165, 1.54) is 0 Å². The highest BCUT2D eigenvalue weighted by Crippen LogP contribution is 2.34. The number of hydrogen-bond donors (Lipinski definition) is 0. The molecule has 0 saturated carbocycles. The van der Waals surface area contributed by atoms with E-state index in [-0.39, 0.29) is 17.7 Å². The van der Waals surface area contributed by atoms with Crippen LogP contribution in [0.2, 0.25) is 0 Å². The van der Waals surface area contributed by atoms with Crippen LogP contribution in [-0.4, -0.2) is 77.3 Å². The van der Waals surface area contributed by atoms with E-state index in [0.717, 1.165) is 44.6 Å². The van der Waals surface area contributed by atoms with Crippen LogP contribution in [0.25, 0.3) is 0 Å². The summed E-state index contributed by atoms with van der Waals surface area (Å²) in [6.07, 6.45) is 1.47. The summed E-state index contributed by atoms with van der Waals surface area (Å²) >= 11 is 0. The van der Waals surface area contributed by atoms with Crippen LogP contribution in [0.5, 0.6) is 0 Å². The van der Waals surface area contributed by atoms with E-state index in [1.807, 2.05) is 60.9 Å². The van der Waals surface area contributed by atoms with Gasteiger partial charge in [0.1, 0.15) is 12.2 Å². The maximum Gasteiger partial charge on any atom is 0.410 e. The summed E-state index contributed by atoms with van der Waals surface area (Å²) in [4.78, 5) is 30.9.